The van der Waals surface area contributed by atoms with Crippen molar-refractivity contribution in [3.05, 3.63) is 72.3 Å². The van der Waals surface area contributed by atoms with Crippen LogP contribution in [-0.4, -0.2) is 32.1 Å². The van der Waals surface area contributed by atoms with Gasteiger partial charge in [-0.25, -0.2) is 4.68 Å². The standard InChI is InChI=1S/C16H12F3N5O/c17-16(18,19)14(12-8-4-5-9-20-12)21-15(25)13-10-24(23-22-13)11-6-2-1-3-7-11/h1-10,14H,(H,21,25)/t14-/m0/s1. The average Bonchev–Trinajstić information content (AvgIpc) is 3.10. The van der Waals surface area contributed by atoms with Gasteiger partial charge in [-0.2, -0.15) is 13.2 Å². The van der Waals surface area contributed by atoms with Crippen LogP contribution in [0.5, 0.6) is 0 Å². The molecule has 1 aromatic carbocycles. The van der Waals surface area contributed by atoms with Crippen LogP contribution in [0.3, 0.4) is 0 Å². The number of aromatic nitrogens is 4. The first-order valence-electron chi connectivity index (χ1n) is 7.21. The Balaban J connectivity index is 1.82. The fourth-order valence-electron chi connectivity index (χ4n) is 2.15. The van der Waals surface area contributed by atoms with E-state index in [9.17, 15) is 18.0 Å². The number of nitrogens with zero attached hydrogens (tertiary/aromatic N) is 4. The molecule has 25 heavy (non-hydrogen) atoms. The second-order valence-corrected chi connectivity index (χ2v) is 5.09. The molecule has 1 amide bonds. The number of carbonyl (C=O) groups is 1. The van der Waals surface area contributed by atoms with Gasteiger partial charge in [-0.05, 0) is 24.3 Å². The molecule has 0 bridgehead atoms. The van der Waals surface area contributed by atoms with Crippen molar-refractivity contribution in [2.45, 2.75) is 12.2 Å². The Hall–Kier alpha value is -3.23. The molecule has 3 aromatic rings. The lowest BCUT2D eigenvalue weighted by atomic mass is 10.1. The Morgan fingerprint density at radius 2 is 1.80 bits per heavy atom. The fourth-order valence-corrected chi connectivity index (χ4v) is 2.15. The number of pyridine rings is 1. The summed E-state index contributed by atoms with van der Waals surface area (Å²) in [5, 5.41) is 9.31. The average molecular weight is 347 g/mol. The minimum Gasteiger partial charge on any atom is -0.334 e. The predicted octanol–water partition coefficient (Wildman–Crippen LogP) is 2.70. The molecule has 9 heteroatoms. The van der Waals surface area contributed by atoms with Gasteiger partial charge in [-0.15, -0.1) is 5.10 Å². The number of para-hydroxylation sites is 1. The van der Waals surface area contributed by atoms with Crippen LogP contribution in [-0.2, 0) is 0 Å². The molecule has 1 N–H and O–H groups in total. The second kappa shape index (κ2) is 6.71. The highest BCUT2D eigenvalue weighted by Gasteiger charge is 2.43. The van der Waals surface area contributed by atoms with Gasteiger partial charge in [0.1, 0.15) is 0 Å². The number of hydrogen-bond donors (Lipinski definition) is 1. The van der Waals surface area contributed by atoms with E-state index in [4.69, 9.17) is 0 Å². The summed E-state index contributed by atoms with van der Waals surface area (Å²) in [7, 11) is 0. The summed E-state index contributed by atoms with van der Waals surface area (Å²) in [6.45, 7) is 0. The quantitative estimate of drug-likeness (QED) is 0.788. The molecule has 0 spiro atoms. The van der Waals surface area contributed by atoms with E-state index in [1.807, 2.05) is 5.32 Å². The largest absolute Gasteiger partial charge is 0.414 e. The molecule has 6 nitrogen and oxygen atoms in total. The summed E-state index contributed by atoms with van der Waals surface area (Å²) < 4.78 is 41.1. The third-order valence-corrected chi connectivity index (χ3v) is 3.33. The predicted molar refractivity (Wildman–Crippen MR) is 81.9 cm³/mol. The first-order chi connectivity index (χ1) is 11.9. The topological polar surface area (TPSA) is 72.7 Å². The fraction of sp³-hybridized carbons (Fsp3) is 0.125. The lowest BCUT2D eigenvalue weighted by Crippen LogP contribution is -2.38. The number of halogens is 3. The van der Waals surface area contributed by atoms with Crippen LogP contribution in [0.15, 0.2) is 60.9 Å². The zero-order valence-corrected chi connectivity index (χ0v) is 12.7. The molecule has 0 aliphatic rings. The van der Waals surface area contributed by atoms with E-state index < -0.39 is 18.1 Å². The van der Waals surface area contributed by atoms with E-state index in [0.29, 0.717) is 5.69 Å². The third-order valence-electron chi connectivity index (χ3n) is 3.33. The molecule has 1 atom stereocenters. The van der Waals surface area contributed by atoms with Gasteiger partial charge >= 0.3 is 6.18 Å². The molecule has 2 heterocycles. The molecule has 0 aliphatic heterocycles. The number of hydrogen-bond acceptors (Lipinski definition) is 4. The minimum atomic E-state index is -4.70. The van der Waals surface area contributed by atoms with Gasteiger partial charge in [0.25, 0.3) is 5.91 Å². The Morgan fingerprint density at radius 1 is 1.08 bits per heavy atom. The Labute approximate surface area is 140 Å². The summed E-state index contributed by atoms with van der Waals surface area (Å²) in [4.78, 5) is 15.8. The van der Waals surface area contributed by atoms with E-state index in [-0.39, 0.29) is 11.4 Å². The van der Waals surface area contributed by atoms with Gasteiger partial charge in [0.2, 0.25) is 0 Å². The highest BCUT2D eigenvalue weighted by molar-refractivity contribution is 5.92. The molecule has 0 fully saturated rings. The summed E-state index contributed by atoms with van der Waals surface area (Å²) in [5.74, 6) is -0.991. The van der Waals surface area contributed by atoms with Crippen molar-refractivity contribution in [2.24, 2.45) is 0 Å². The summed E-state index contributed by atoms with van der Waals surface area (Å²) in [5.41, 5.74) is 0.0963. The van der Waals surface area contributed by atoms with Crippen LogP contribution in [0.1, 0.15) is 22.2 Å². The maximum Gasteiger partial charge on any atom is 0.414 e. The van der Waals surface area contributed by atoms with Gasteiger partial charge < -0.3 is 5.32 Å². The summed E-state index contributed by atoms with van der Waals surface area (Å²) in [6.07, 6.45) is -2.21. The molecule has 3 rings (SSSR count). The van der Waals surface area contributed by atoms with E-state index in [2.05, 4.69) is 15.3 Å². The van der Waals surface area contributed by atoms with Gasteiger partial charge in [0.15, 0.2) is 11.7 Å². The minimum absolute atomic E-state index is 0.228. The normalized spacial score (nSPS) is 12.6. The Bertz CT molecular complexity index is 849. The molecular formula is C16H12F3N5O. The smallest absolute Gasteiger partial charge is 0.334 e. The van der Waals surface area contributed by atoms with Crippen LogP contribution in [0, 0.1) is 0 Å². The lowest BCUT2D eigenvalue weighted by Gasteiger charge is -2.20. The number of rotatable bonds is 4. The van der Waals surface area contributed by atoms with E-state index in [0.717, 1.165) is 0 Å². The van der Waals surface area contributed by atoms with Crippen LogP contribution < -0.4 is 5.32 Å². The van der Waals surface area contributed by atoms with Crippen LogP contribution >= 0.6 is 0 Å². The van der Waals surface area contributed by atoms with E-state index in [1.54, 1.807) is 30.3 Å². The first-order valence-corrected chi connectivity index (χ1v) is 7.21. The zero-order chi connectivity index (χ0) is 17.9. The monoisotopic (exact) mass is 347 g/mol. The molecule has 128 valence electrons. The van der Waals surface area contributed by atoms with Crippen LogP contribution in [0.2, 0.25) is 0 Å². The SMILES string of the molecule is O=C(N[C@@H](c1ccccn1)C(F)(F)F)c1cn(-c2ccccc2)nn1. The highest BCUT2D eigenvalue weighted by Crippen LogP contribution is 2.31. The summed E-state index contributed by atoms with van der Waals surface area (Å²) >= 11 is 0. The second-order valence-electron chi connectivity index (χ2n) is 5.09. The van der Waals surface area contributed by atoms with Crippen LogP contribution in [0.4, 0.5) is 13.2 Å². The van der Waals surface area contributed by atoms with E-state index >= 15 is 0 Å². The molecule has 0 aliphatic carbocycles. The van der Waals surface area contributed by atoms with Crippen molar-refractivity contribution < 1.29 is 18.0 Å². The molecule has 0 radical (unpaired) electrons. The number of nitrogens with one attached hydrogen (secondary N) is 1. The molecule has 0 saturated heterocycles. The van der Waals surface area contributed by atoms with Crippen molar-refractivity contribution in [3.63, 3.8) is 0 Å². The summed E-state index contributed by atoms with van der Waals surface area (Å²) in [6, 6.07) is 10.6. The van der Waals surface area contributed by atoms with Gasteiger partial charge in [0, 0.05) is 6.20 Å². The van der Waals surface area contributed by atoms with Crippen molar-refractivity contribution in [3.8, 4) is 5.69 Å². The third kappa shape index (κ3) is 3.82. The maximum atomic E-state index is 13.3. The Morgan fingerprint density at radius 3 is 2.44 bits per heavy atom. The highest BCUT2D eigenvalue weighted by atomic mass is 19.4. The van der Waals surface area contributed by atoms with Crippen molar-refractivity contribution in [1.29, 1.82) is 0 Å². The number of alkyl halides is 3. The number of amides is 1. The van der Waals surface area contributed by atoms with Gasteiger partial charge in [0.05, 0.1) is 17.6 Å². The van der Waals surface area contributed by atoms with Gasteiger partial charge in [-0.3, -0.25) is 9.78 Å². The number of carbonyl (C=O) groups excluding carboxylic acids is 1. The molecule has 2 aromatic heterocycles. The Kier molecular flexibility index (Phi) is 4.46. The van der Waals surface area contributed by atoms with Crippen LogP contribution in [0.25, 0.3) is 5.69 Å². The van der Waals surface area contributed by atoms with Crippen molar-refractivity contribution in [2.75, 3.05) is 0 Å². The number of benzene rings is 1. The lowest BCUT2D eigenvalue weighted by molar-refractivity contribution is -0.156. The van der Waals surface area contributed by atoms with E-state index in [1.165, 1.54) is 35.3 Å². The maximum absolute atomic E-state index is 13.3. The molecular weight excluding hydrogens is 335 g/mol. The molecule has 0 saturated carbocycles. The molecule has 0 unspecified atom stereocenters. The van der Waals surface area contributed by atoms with Gasteiger partial charge in [-0.1, -0.05) is 29.5 Å². The first kappa shape index (κ1) is 16.6. The zero-order valence-electron chi connectivity index (χ0n) is 12.7. The van der Waals surface area contributed by atoms with Crippen molar-refractivity contribution >= 4 is 5.91 Å². The van der Waals surface area contributed by atoms with Crippen molar-refractivity contribution in [1.82, 2.24) is 25.3 Å².